The molecule has 1 aliphatic rings. The van der Waals surface area contributed by atoms with E-state index in [-0.39, 0.29) is 36.2 Å². The lowest BCUT2D eigenvalue weighted by Gasteiger charge is -2.15. The smallest absolute Gasteiger partial charge is 0.305 e. The Morgan fingerprint density at radius 3 is 2.67 bits per heavy atom. The lowest BCUT2D eigenvalue weighted by molar-refractivity contribution is -0.140. The third kappa shape index (κ3) is 7.23. The second-order valence-electron chi connectivity index (χ2n) is 9.26. The van der Waals surface area contributed by atoms with E-state index in [0.29, 0.717) is 60.4 Å². The van der Waals surface area contributed by atoms with Crippen molar-refractivity contribution in [3.63, 3.8) is 0 Å². The maximum Gasteiger partial charge on any atom is 0.305 e. The molecule has 1 heterocycles. The van der Waals surface area contributed by atoms with Crippen LogP contribution in [0.5, 0.6) is 0 Å². The van der Waals surface area contributed by atoms with E-state index >= 15 is 0 Å². The van der Waals surface area contributed by atoms with Crippen molar-refractivity contribution in [2.45, 2.75) is 45.1 Å². The fourth-order valence-corrected chi connectivity index (χ4v) is 4.40. The van der Waals surface area contributed by atoms with Gasteiger partial charge in [0.05, 0.1) is 30.2 Å². The molecule has 39 heavy (non-hydrogen) atoms. The van der Waals surface area contributed by atoms with Crippen molar-refractivity contribution < 1.29 is 23.1 Å². The Kier molecular flexibility index (Phi) is 9.32. The van der Waals surface area contributed by atoms with Crippen LogP contribution in [0.3, 0.4) is 0 Å². The number of hydrogen-bond donors (Lipinski definition) is 1. The van der Waals surface area contributed by atoms with Gasteiger partial charge in [0.1, 0.15) is 17.5 Å². The summed E-state index contributed by atoms with van der Waals surface area (Å²) in [7, 11) is 1.34. The molecule has 0 radical (unpaired) electrons. The van der Waals surface area contributed by atoms with E-state index in [9.17, 15) is 18.4 Å². The zero-order chi connectivity index (χ0) is 27.8. The highest BCUT2D eigenvalue weighted by molar-refractivity contribution is 5.79. The molecule has 204 valence electrons. The molecule has 0 aliphatic heterocycles. The van der Waals surface area contributed by atoms with Crippen LogP contribution in [-0.4, -0.2) is 28.5 Å². The highest BCUT2D eigenvalue weighted by atomic mass is 19.1. The minimum Gasteiger partial charge on any atom is -0.469 e. The summed E-state index contributed by atoms with van der Waals surface area (Å²) >= 11 is 0. The summed E-state index contributed by atoms with van der Waals surface area (Å²) < 4.78 is 33.0. The molecule has 0 saturated heterocycles. The molecule has 3 aromatic rings. The van der Waals surface area contributed by atoms with Gasteiger partial charge in [-0.3, -0.25) is 14.2 Å². The number of nitrogens with zero attached hydrogens (tertiary/aromatic N) is 3. The van der Waals surface area contributed by atoms with Crippen molar-refractivity contribution in [2.24, 2.45) is 16.8 Å². The normalized spacial score (nSPS) is 15.3. The molecule has 4 rings (SSSR count). The fourth-order valence-electron chi connectivity index (χ4n) is 4.40. The Morgan fingerprint density at radius 2 is 1.97 bits per heavy atom. The van der Waals surface area contributed by atoms with Gasteiger partial charge in [-0.05, 0) is 79.3 Å². The minimum atomic E-state index is -0.408. The van der Waals surface area contributed by atoms with Gasteiger partial charge in [-0.2, -0.15) is 5.90 Å². The van der Waals surface area contributed by atoms with Crippen LogP contribution in [0.4, 0.5) is 8.78 Å². The minimum absolute atomic E-state index is 0.0386. The first-order chi connectivity index (χ1) is 18.9. The Bertz CT molecular complexity index is 1480. The number of rotatable bonds is 10. The van der Waals surface area contributed by atoms with Crippen LogP contribution < -0.4 is 11.5 Å². The lowest BCUT2D eigenvalue weighted by atomic mass is 9.97. The van der Waals surface area contributed by atoms with Gasteiger partial charge >= 0.3 is 5.97 Å². The summed E-state index contributed by atoms with van der Waals surface area (Å²) in [4.78, 5) is 39.2. The number of methoxy groups -OCH3 is 1. The first-order valence-corrected chi connectivity index (χ1v) is 12.7. The summed E-state index contributed by atoms with van der Waals surface area (Å²) in [6, 6.07) is 10.9. The van der Waals surface area contributed by atoms with Crippen molar-refractivity contribution in [3.05, 3.63) is 94.1 Å². The van der Waals surface area contributed by atoms with Crippen molar-refractivity contribution in [1.29, 1.82) is 0 Å². The zero-order valence-electron chi connectivity index (χ0n) is 21.6. The highest BCUT2D eigenvalue weighted by Gasteiger charge is 2.15. The van der Waals surface area contributed by atoms with Gasteiger partial charge in [-0.15, -0.1) is 0 Å². The summed E-state index contributed by atoms with van der Waals surface area (Å²) in [5.41, 5.74) is 1.52. The SMILES string of the molecule is COC(=O)CCCCc1nc2cc(CN=C(CC3C=CC(F)=CC3)ON)ccc2c(=O)n1-c1ccc(F)cc1. The molecule has 1 aliphatic carbocycles. The zero-order valence-corrected chi connectivity index (χ0v) is 21.6. The topological polar surface area (TPSA) is 109 Å². The molecular weight excluding hydrogens is 506 g/mol. The second-order valence-corrected chi connectivity index (χ2v) is 9.26. The molecule has 0 bridgehead atoms. The molecule has 1 aromatic heterocycles. The number of carbonyl (C=O) groups excluding carboxylic acids is 1. The number of aryl methyl sites for hydroxylation is 1. The Labute approximate surface area is 224 Å². The average Bonchev–Trinajstić information content (AvgIpc) is 2.95. The third-order valence-electron chi connectivity index (χ3n) is 6.50. The molecule has 0 fully saturated rings. The van der Waals surface area contributed by atoms with Crippen LogP contribution in [-0.2, 0) is 27.3 Å². The van der Waals surface area contributed by atoms with Crippen molar-refractivity contribution >= 4 is 22.8 Å². The summed E-state index contributed by atoms with van der Waals surface area (Å²) in [6.07, 6.45) is 7.53. The molecular formula is C29H30F2N4O4. The number of fused-ring (bicyclic) bond motifs is 1. The molecule has 0 saturated carbocycles. The predicted molar refractivity (Wildman–Crippen MR) is 144 cm³/mol. The molecule has 0 spiro atoms. The van der Waals surface area contributed by atoms with E-state index in [2.05, 4.69) is 4.99 Å². The van der Waals surface area contributed by atoms with Crippen molar-refractivity contribution in [3.8, 4) is 5.69 Å². The van der Waals surface area contributed by atoms with Crippen LogP contribution in [0.15, 0.2) is 76.3 Å². The van der Waals surface area contributed by atoms with Gasteiger partial charge in [-0.25, -0.2) is 18.8 Å². The number of unbranched alkanes of at least 4 members (excludes halogenated alkanes) is 1. The Morgan fingerprint density at radius 1 is 1.18 bits per heavy atom. The van der Waals surface area contributed by atoms with Gasteiger partial charge in [0.15, 0.2) is 0 Å². The number of aromatic nitrogens is 2. The van der Waals surface area contributed by atoms with Crippen LogP contribution >= 0.6 is 0 Å². The number of carbonyl (C=O) groups is 1. The molecule has 10 heteroatoms. The summed E-state index contributed by atoms with van der Waals surface area (Å²) in [5.74, 6) is 5.33. The number of esters is 1. The number of benzene rings is 2. The van der Waals surface area contributed by atoms with Crippen molar-refractivity contribution in [1.82, 2.24) is 9.55 Å². The first kappa shape index (κ1) is 27.8. The van der Waals surface area contributed by atoms with E-state index in [1.807, 2.05) is 0 Å². The highest BCUT2D eigenvalue weighted by Crippen LogP contribution is 2.21. The number of aliphatic imine (C=N–C) groups is 1. The van der Waals surface area contributed by atoms with E-state index in [1.165, 1.54) is 48.1 Å². The first-order valence-electron chi connectivity index (χ1n) is 12.7. The van der Waals surface area contributed by atoms with E-state index in [1.54, 1.807) is 24.3 Å². The fraction of sp³-hybridized carbons (Fsp3) is 0.310. The quantitative estimate of drug-likeness (QED) is 0.128. The van der Waals surface area contributed by atoms with Crippen LogP contribution in [0.2, 0.25) is 0 Å². The van der Waals surface area contributed by atoms with Gasteiger partial charge < -0.3 is 9.57 Å². The molecule has 0 amide bonds. The monoisotopic (exact) mass is 536 g/mol. The van der Waals surface area contributed by atoms with Gasteiger partial charge in [-0.1, -0.05) is 12.1 Å². The van der Waals surface area contributed by atoms with Gasteiger partial charge in [0.2, 0.25) is 5.90 Å². The van der Waals surface area contributed by atoms with E-state index < -0.39 is 5.82 Å². The van der Waals surface area contributed by atoms with Crippen LogP contribution in [0.1, 0.15) is 43.5 Å². The largest absolute Gasteiger partial charge is 0.469 e. The summed E-state index contributed by atoms with van der Waals surface area (Å²) in [5, 5.41) is 0.404. The lowest BCUT2D eigenvalue weighted by Crippen LogP contribution is -2.24. The van der Waals surface area contributed by atoms with Crippen LogP contribution in [0.25, 0.3) is 16.6 Å². The van der Waals surface area contributed by atoms with Crippen molar-refractivity contribution in [2.75, 3.05) is 7.11 Å². The molecule has 8 nitrogen and oxygen atoms in total. The Balaban J connectivity index is 1.60. The number of allylic oxidation sites excluding steroid dienone is 4. The van der Waals surface area contributed by atoms with Crippen LogP contribution in [0, 0.1) is 11.7 Å². The molecule has 1 atom stereocenters. The van der Waals surface area contributed by atoms with E-state index in [4.69, 9.17) is 20.5 Å². The average molecular weight is 537 g/mol. The molecule has 1 unspecified atom stereocenters. The maximum absolute atomic E-state index is 13.6. The second kappa shape index (κ2) is 13.1. The van der Waals surface area contributed by atoms with Gasteiger partial charge in [0, 0.05) is 19.3 Å². The predicted octanol–water partition coefficient (Wildman–Crippen LogP) is 5.02. The molecule has 2 aromatic carbocycles. The van der Waals surface area contributed by atoms with Gasteiger partial charge in [0.25, 0.3) is 5.56 Å². The molecule has 2 N–H and O–H groups in total. The number of hydrogen-bond acceptors (Lipinski definition) is 7. The number of ether oxygens (including phenoxy) is 1. The number of halogens is 2. The number of nitrogens with two attached hydrogens (primary N) is 1. The summed E-state index contributed by atoms with van der Waals surface area (Å²) in [6.45, 7) is 0.250. The maximum atomic E-state index is 13.6. The third-order valence-corrected chi connectivity index (χ3v) is 6.50. The van der Waals surface area contributed by atoms with E-state index in [0.717, 1.165) is 5.56 Å². The standard InChI is InChI=1S/C29H30F2N4O4/c1-38-28(36)5-3-2-4-26-34-25-16-20(18-33-27(39-32)17-19-6-9-21(30)10-7-19)8-15-24(25)29(37)35(26)23-13-11-22(31)12-14-23/h6,8-16,19H,2-5,7,17-18,32H2,1H3. The Hall–Kier alpha value is -4.18.